The highest BCUT2D eigenvalue weighted by Crippen LogP contribution is 2.44. The molecule has 1 heterocycles. The van der Waals surface area contributed by atoms with Gasteiger partial charge in [-0.25, -0.2) is 0 Å². The lowest BCUT2D eigenvalue weighted by molar-refractivity contribution is 0.181. The summed E-state index contributed by atoms with van der Waals surface area (Å²) in [6.07, 6.45) is 4.92. The molecule has 3 rings (SSSR count). The van der Waals surface area contributed by atoms with E-state index in [0.717, 1.165) is 49.7 Å². The molecule has 138 valence electrons. The molecular weight excluding hydrogens is 378 g/mol. The molecule has 1 saturated carbocycles. The Morgan fingerprint density at radius 3 is 2.88 bits per heavy atom. The van der Waals surface area contributed by atoms with Crippen molar-refractivity contribution in [2.75, 3.05) is 39.9 Å². The lowest BCUT2D eigenvalue weighted by Gasteiger charge is -2.41. The van der Waals surface area contributed by atoms with Crippen LogP contribution in [0.2, 0.25) is 0 Å². The maximum Gasteiger partial charge on any atom is 0.193 e. The lowest BCUT2D eigenvalue weighted by atomic mass is 9.64. The fourth-order valence-electron chi connectivity index (χ4n) is 3.86. The topological polar surface area (TPSA) is 36.9 Å². The first kappa shape index (κ1) is 18.7. The van der Waals surface area contributed by atoms with E-state index in [-0.39, 0.29) is 5.41 Å². The maximum absolute atomic E-state index is 5.52. The van der Waals surface area contributed by atoms with Gasteiger partial charge in [-0.2, -0.15) is 0 Å². The van der Waals surface area contributed by atoms with Crippen molar-refractivity contribution in [2.24, 2.45) is 10.9 Å². The molecule has 1 aliphatic heterocycles. The molecule has 0 radical (unpaired) electrons. The van der Waals surface area contributed by atoms with Crippen LogP contribution in [-0.4, -0.2) is 50.8 Å². The average molecular weight is 408 g/mol. The molecule has 1 atom stereocenters. The largest absolute Gasteiger partial charge is 0.381 e. The normalized spacial score (nSPS) is 22.5. The van der Waals surface area contributed by atoms with E-state index in [9.17, 15) is 0 Å². The zero-order valence-corrected chi connectivity index (χ0v) is 17.0. The third kappa shape index (κ3) is 4.56. The minimum absolute atomic E-state index is 0.210. The highest BCUT2D eigenvalue weighted by molar-refractivity contribution is 9.10. The van der Waals surface area contributed by atoms with Crippen molar-refractivity contribution in [2.45, 2.75) is 38.0 Å². The van der Waals surface area contributed by atoms with E-state index in [1.54, 1.807) is 0 Å². The molecule has 1 aromatic carbocycles. The molecule has 1 saturated heterocycles. The predicted molar refractivity (Wildman–Crippen MR) is 107 cm³/mol. The Morgan fingerprint density at radius 2 is 2.28 bits per heavy atom. The van der Waals surface area contributed by atoms with Crippen molar-refractivity contribution in [1.29, 1.82) is 0 Å². The molecule has 1 unspecified atom stereocenters. The summed E-state index contributed by atoms with van der Waals surface area (Å²) in [5.74, 6) is 1.65. The van der Waals surface area contributed by atoms with Crippen molar-refractivity contribution >= 4 is 21.9 Å². The fraction of sp³-hybridized carbons (Fsp3) is 0.650. The first-order valence-electron chi connectivity index (χ1n) is 9.46. The van der Waals surface area contributed by atoms with Crippen molar-refractivity contribution < 1.29 is 4.74 Å². The van der Waals surface area contributed by atoms with E-state index in [4.69, 9.17) is 9.73 Å². The predicted octanol–water partition coefficient (Wildman–Crippen LogP) is 3.80. The third-order valence-corrected chi connectivity index (χ3v) is 6.02. The molecule has 5 heteroatoms. The summed E-state index contributed by atoms with van der Waals surface area (Å²) in [4.78, 5) is 7.30. The van der Waals surface area contributed by atoms with Gasteiger partial charge in [0.15, 0.2) is 5.96 Å². The highest BCUT2D eigenvalue weighted by Gasteiger charge is 2.38. The summed E-state index contributed by atoms with van der Waals surface area (Å²) in [5, 5.41) is 3.47. The molecule has 2 fully saturated rings. The van der Waals surface area contributed by atoms with Crippen molar-refractivity contribution in [3.63, 3.8) is 0 Å². The average Bonchev–Trinajstić information content (AvgIpc) is 3.06. The summed E-state index contributed by atoms with van der Waals surface area (Å²) >= 11 is 3.62. The minimum Gasteiger partial charge on any atom is -0.381 e. The zero-order chi connectivity index (χ0) is 17.7. The number of nitrogens with zero attached hydrogens (tertiary/aromatic N) is 2. The standard InChI is InChI=1S/C20H30BrN3O/c1-3-22-19(24(2)13-16-8-11-25-14-16)23-15-20(9-5-10-20)17-6-4-7-18(21)12-17/h4,6-7,12,16H,3,5,8-11,13-15H2,1-2H3,(H,22,23). The van der Waals surface area contributed by atoms with Crippen molar-refractivity contribution in [3.8, 4) is 0 Å². The Labute approximate surface area is 160 Å². The minimum atomic E-state index is 0.210. The number of ether oxygens (including phenoxy) is 1. The Balaban J connectivity index is 1.70. The third-order valence-electron chi connectivity index (χ3n) is 5.53. The SMILES string of the molecule is CCNC(=NCC1(c2cccc(Br)c2)CCC1)N(C)CC1CCOC1. The number of hydrogen-bond donors (Lipinski definition) is 1. The van der Waals surface area contributed by atoms with Gasteiger partial charge >= 0.3 is 0 Å². The molecule has 2 aliphatic rings. The van der Waals surface area contributed by atoms with Crippen LogP contribution in [0.25, 0.3) is 0 Å². The molecule has 0 amide bonds. The van der Waals surface area contributed by atoms with Gasteiger partial charge in [0.05, 0.1) is 13.2 Å². The van der Waals surface area contributed by atoms with Crippen LogP contribution in [-0.2, 0) is 10.2 Å². The van der Waals surface area contributed by atoms with Gasteiger partial charge in [-0.3, -0.25) is 4.99 Å². The smallest absolute Gasteiger partial charge is 0.193 e. The Hall–Kier alpha value is -1.07. The number of aliphatic imine (C=N–C) groups is 1. The first-order valence-corrected chi connectivity index (χ1v) is 10.3. The number of halogens is 1. The van der Waals surface area contributed by atoms with Crippen LogP contribution in [0.3, 0.4) is 0 Å². The Bertz CT molecular complexity index is 594. The van der Waals surface area contributed by atoms with Gasteiger partial charge in [0, 0.05) is 42.5 Å². The van der Waals surface area contributed by atoms with E-state index >= 15 is 0 Å². The van der Waals surface area contributed by atoms with Crippen LogP contribution in [0, 0.1) is 5.92 Å². The molecular formula is C20H30BrN3O. The molecule has 1 aliphatic carbocycles. The second kappa shape index (κ2) is 8.54. The van der Waals surface area contributed by atoms with Gasteiger partial charge in [0.25, 0.3) is 0 Å². The van der Waals surface area contributed by atoms with Gasteiger partial charge in [0.2, 0.25) is 0 Å². The second-order valence-corrected chi connectivity index (χ2v) is 8.34. The number of nitrogens with one attached hydrogen (secondary N) is 1. The van der Waals surface area contributed by atoms with E-state index in [2.05, 4.69) is 64.4 Å². The van der Waals surface area contributed by atoms with Crippen LogP contribution < -0.4 is 5.32 Å². The Morgan fingerprint density at radius 1 is 1.44 bits per heavy atom. The van der Waals surface area contributed by atoms with Crippen LogP contribution in [0.1, 0.15) is 38.2 Å². The summed E-state index contributed by atoms with van der Waals surface area (Å²) in [7, 11) is 2.15. The zero-order valence-electron chi connectivity index (χ0n) is 15.4. The van der Waals surface area contributed by atoms with E-state index in [1.165, 1.54) is 24.8 Å². The molecule has 0 aromatic heterocycles. The molecule has 4 nitrogen and oxygen atoms in total. The van der Waals surface area contributed by atoms with Crippen LogP contribution >= 0.6 is 15.9 Å². The Kier molecular flexibility index (Phi) is 6.39. The van der Waals surface area contributed by atoms with E-state index < -0.39 is 0 Å². The number of hydrogen-bond acceptors (Lipinski definition) is 2. The molecule has 0 bridgehead atoms. The summed E-state index contributed by atoms with van der Waals surface area (Å²) in [5.41, 5.74) is 1.63. The van der Waals surface area contributed by atoms with Crippen LogP contribution in [0.5, 0.6) is 0 Å². The van der Waals surface area contributed by atoms with Gasteiger partial charge in [0.1, 0.15) is 0 Å². The highest BCUT2D eigenvalue weighted by atomic mass is 79.9. The molecule has 0 spiro atoms. The fourth-order valence-corrected chi connectivity index (χ4v) is 4.26. The van der Waals surface area contributed by atoms with Crippen molar-refractivity contribution in [1.82, 2.24) is 10.2 Å². The second-order valence-electron chi connectivity index (χ2n) is 7.42. The van der Waals surface area contributed by atoms with Gasteiger partial charge in [-0.15, -0.1) is 0 Å². The quantitative estimate of drug-likeness (QED) is 0.575. The van der Waals surface area contributed by atoms with Gasteiger partial charge in [-0.1, -0.05) is 34.5 Å². The van der Waals surface area contributed by atoms with E-state index in [1.807, 2.05) is 0 Å². The number of rotatable bonds is 6. The summed E-state index contributed by atoms with van der Waals surface area (Å²) < 4.78 is 6.67. The van der Waals surface area contributed by atoms with Crippen LogP contribution in [0.15, 0.2) is 33.7 Å². The monoisotopic (exact) mass is 407 g/mol. The van der Waals surface area contributed by atoms with E-state index in [0.29, 0.717) is 5.92 Å². The number of guanidine groups is 1. The molecule has 1 aromatic rings. The van der Waals surface area contributed by atoms with Gasteiger partial charge in [-0.05, 0) is 43.9 Å². The first-order chi connectivity index (χ1) is 12.1. The summed E-state index contributed by atoms with van der Waals surface area (Å²) in [6, 6.07) is 8.76. The van der Waals surface area contributed by atoms with Gasteiger partial charge < -0.3 is 15.0 Å². The number of benzene rings is 1. The molecule has 25 heavy (non-hydrogen) atoms. The van der Waals surface area contributed by atoms with Crippen LogP contribution in [0.4, 0.5) is 0 Å². The lowest BCUT2D eigenvalue weighted by Crippen LogP contribution is -2.44. The summed E-state index contributed by atoms with van der Waals surface area (Å²) in [6.45, 7) is 6.68. The molecule has 1 N–H and O–H groups in total. The van der Waals surface area contributed by atoms with Crippen molar-refractivity contribution in [3.05, 3.63) is 34.3 Å². The maximum atomic E-state index is 5.52.